The fourth-order valence-corrected chi connectivity index (χ4v) is 16.4. The standard InChI is InChI=1S/C26H32N2O3.C26H35NO3.C20H24N2O.C20H31NO3.C12H24N2/c1-28-17-15-24(16-18-28)31-26(30)22-9-7-21(8-10-22)25(29)27-23-13-11-20(12-14-23)19-5-3-2-4-6-19;1-3-4-5-6-7-20-29-24-14-12-22(13-15-24)21-8-10-23(11-9-21)26(28)30-25-16-18-27(2)19-17-25;1-3-4-5-6-17-7-9-18(10-8-17)15-21-19-11-13-20(14-12-19)22-16(2)23;1-3-4-5-6-7-16-23-18-10-8-17(9-11-18)20(22)24-19-12-14-21(2)15-13-19;1-14-8-4-12(5-9-14)10-11-2-6-13-7-3-11/h7-14,19,24H,2-6,15-18H2,1H3,(H,27,29);8-15,25H,3-7,16-20H2,1-2H3;7-15H,3-6H2,1-2H3,(H,22,23);8-11,19H,3-7,12-16H2,1-2H3;11-13H,2-10H2,1H3. The summed E-state index contributed by atoms with van der Waals surface area (Å²) >= 11 is 0. The molecule has 0 aromatic heterocycles. The molecule has 5 heterocycles. The molecule has 1 saturated carbocycles. The van der Waals surface area contributed by atoms with Crippen LogP contribution in [0, 0.1) is 11.8 Å². The van der Waals surface area contributed by atoms with Crippen molar-refractivity contribution >= 4 is 53.0 Å². The Balaban J connectivity index is 0.000000177. The number of piperidine rings is 5. The maximum absolute atomic E-state index is 12.6. The van der Waals surface area contributed by atoms with Gasteiger partial charge in [-0.05, 0) is 318 Å². The number of aryl methyl sites for hydroxylation is 1. The van der Waals surface area contributed by atoms with Gasteiger partial charge in [-0.1, -0.05) is 165 Å². The average molecular weight is 1670 g/mol. The lowest BCUT2D eigenvalue weighted by Crippen LogP contribution is -2.35. The molecule has 18 heteroatoms. The van der Waals surface area contributed by atoms with E-state index in [9.17, 15) is 24.0 Å². The third-order valence-electron chi connectivity index (χ3n) is 24.4. The van der Waals surface area contributed by atoms with E-state index < -0.39 is 0 Å². The zero-order valence-electron chi connectivity index (χ0n) is 75.2. The molecule has 0 atom stereocenters. The molecule has 0 spiro atoms. The largest absolute Gasteiger partial charge is 0.494 e. The molecule has 5 aliphatic heterocycles. The van der Waals surface area contributed by atoms with Crippen molar-refractivity contribution in [3.05, 3.63) is 209 Å². The van der Waals surface area contributed by atoms with E-state index >= 15 is 0 Å². The van der Waals surface area contributed by atoms with E-state index in [0.29, 0.717) is 28.2 Å². The summed E-state index contributed by atoms with van der Waals surface area (Å²) in [6, 6.07) is 54.1. The Hall–Kier alpha value is -9.04. The van der Waals surface area contributed by atoms with Crippen molar-refractivity contribution in [3.8, 4) is 22.6 Å². The first-order valence-electron chi connectivity index (χ1n) is 46.6. The molecule has 0 radical (unpaired) electrons. The fourth-order valence-electron chi connectivity index (χ4n) is 16.4. The van der Waals surface area contributed by atoms with E-state index in [2.05, 4.69) is 138 Å². The zero-order chi connectivity index (χ0) is 86.3. The topological polar surface area (TPSA) is 193 Å². The van der Waals surface area contributed by atoms with Crippen LogP contribution in [-0.4, -0.2) is 181 Å². The number of likely N-dealkylation sites (tertiary alicyclic amines) is 4. The van der Waals surface area contributed by atoms with Gasteiger partial charge in [0.15, 0.2) is 0 Å². The Bertz CT molecular complexity index is 4100. The second-order valence-electron chi connectivity index (χ2n) is 34.7. The highest BCUT2D eigenvalue weighted by molar-refractivity contribution is 6.05. The predicted molar refractivity (Wildman–Crippen MR) is 499 cm³/mol. The summed E-state index contributed by atoms with van der Waals surface area (Å²) in [6.45, 7) is 20.7. The smallest absolute Gasteiger partial charge is 0.338 e. The van der Waals surface area contributed by atoms with Gasteiger partial charge in [0.25, 0.3) is 5.91 Å². The number of anilines is 2. The molecule has 2 amide bonds. The fraction of sp³-hybridized carbons (Fsp3) is 0.538. The SMILES string of the molecule is CCCCCCCOc1ccc(-c2ccc(C(=O)OC3CCN(C)CC3)cc2)cc1.CCCCCCCOc1ccc(C(=O)OC2CCN(C)CC2)cc1.CCCCCc1ccc(C=Nc2ccc(NC(C)=O)cc2)cc1.CN1CCC(CC2CCNCC2)CC1.CN1CCC(OC(=O)c2ccc(C(=O)Nc3ccc(C4CCCCC4)cc3)cc2)CC1. The Kier molecular flexibility index (Phi) is 43.8. The van der Waals surface area contributed by atoms with Gasteiger partial charge in [0.2, 0.25) is 5.91 Å². The van der Waals surface area contributed by atoms with Crippen molar-refractivity contribution in [2.45, 2.75) is 245 Å². The highest BCUT2D eigenvalue weighted by atomic mass is 16.6. The van der Waals surface area contributed by atoms with Crippen LogP contribution in [0.15, 0.2) is 175 Å². The summed E-state index contributed by atoms with van der Waals surface area (Å²) in [5.41, 5.74) is 10.7. The Morgan fingerprint density at radius 2 is 0.787 bits per heavy atom. The number of unbranched alkanes of at least 4 members (excludes halogenated alkanes) is 10. The minimum Gasteiger partial charge on any atom is -0.494 e. The van der Waals surface area contributed by atoms with Gasteiger partial charge in [0.1, 0.15) is 29.8 Å². The first-order valence-corrected chi connectivity index (χ1v) is 46.6. The third kappa shape index (κ3) is 36.8. The lowest BCUT2D eigenvalue weighted by molar-refractivity contribution is -0.114. The summed E-state index contributed by atoms with van der Waals surface area (Å²) in [5.74, 6) is 3.43. The molecule has 5 saturated heterocycles. The van der Waals surface area contributed by atoms with Gasteiger partial charge in [0, 0.05) is 69.3 Å². The number of aliphatic imine (C=N–C) groups is 1. The van der Waals surface area contributed by atoms with E-state index in [1.807, 2.05) is 91.1 Å². The molecule has 6 aliphatic rings. The molecule has 0 bridgehead atoms. The Morgan fingerprint density at radius 1 is 0.402 bits per heavy atom. The van der Waals surface area contributed by atoms with Gasteiger partial charge in [-0.15, -0.1) is 0 Å². The van der Waals surface area contributed by atoms with Crippen LogP contribution in [-0.2, 0) is 25.4 Å². The number of nitrogens with one attached hydrogen (secondary N) is 3. The van der Waals surface area contributed by atoms with Crippen LogP contribution in [0.5, 0.6) is 11.5 Å². The molecule has 662 valence electrons. The monoisotopic (exact) mass is 1670 g/mol. The average Bonchev–Trinajstić information content (AvgIpc) is 0.848. The van der Waals surface area contributed by atoms with E-state index in [0.717, 1.165) is 167 Å². The maximum Gasteiger partial charge on any atom is 0.338 e. The van der Waals surface area contributed by atoms with Crippen molar-refractivity contribution in [3.63, 3.8) is 0 Å². The number of esters is 3. The van der Waals surface area contributed by atoms with E-state index in [4.69, 9.17) is 23.7 Å². The maximum atomic E-state index is 12.6. The lowest BCUT2D eigenvalue weighted by atomic mass is 9.83. The van der Waals surface area contributed by atoms with Crippen molar-refractivity contribution in [1.29, 1.82) is 0 Å². The van der Waals surface area contributed by atoms with Crippen molar-refractivity contribution in [2.24, 2.45) is 16.8 Å². The first-order chi connectivity index (χ1) is 59.4. The van der Waals surface area contributed by atoms with E-state index in [-0.39, 0.29) is 48.0 Å². The number of amides is 2. The summed E-state index contributed by atoms with van der Waals surface area (Å²) in [6.07, 6.45) is 38.3. The highest BCUT2D eigenvalue weighted by Crippen LogP contribution is 2.34. The number of carbonyl (C=O) groups is 5. The number of benzene rings is 7. The quantitative estimate of drug-likeness (QED) is 0.0152. The Labute approximate surface area is 731 Å². The molecule has 7 aromatic rings. The molecule has 1 aliphatic carbocycles. The van der Waals surface area contributed by atoms with Crippen LogP contribution in [0.1, 0.15) is 278 Å². The van der Waals surface area contributed by atoms with Crippen LogP contribution < -0.4 is 25.4 Å². The van der Waals surface area contributed by atoms with Gasteiger partial charge < -0.3 is 59.2 Å². The molecular weight excluding hydrogens is 1520 g/mol. The first kappa shape index (κ1) is 96.8. The minimum absolute atomic E-state index is 0.0248. The minimum atomic E-state index is -0.320. The zero-order valence-corrected chi connectivity index (χ0v) is 75.2. The number of hydrogen-bond acceptors (Lipinski definition) is 16. The van der Waals surface area contributed by atoms with Crippen LogP contribution >= 0.6 is 0 Å². The van der Waals surface area contributed by atoms with Crippen LogP contribution in [0.25, 0.3) is 11.1 Å². The number of nitrogens with zero attached hydrogens (tertiary/aromatic N) is 5. The summed E-state index contributed by atoms with van der Waals surface area (Å²) in [7, 11) is 8.53. The molecule has 122 heavy (non-hydrogen) atoms. The molecule has 7 aromatic carbocycles. The van der Waals surface area contributed by atoms with E-state index in [1.165, 1.54) is 179 Å². The summed E-state index contributed by atoms with van der Waals surface area (Å²) < 4.78 is 28.5. The van der Waals surface area contributed by atoms with Crippen LogP contribution in [0.2, 0.25) is 0 Å². The van der Waals surface area contributed by atoms with Gasteiger partial charge in [-0.25, -0.2) is 14.4 Å². The van der Waals surface area contributed by atoms with Crippen LogP contribution in [0.4, 0.5) is 17.1 Å². The van der Waals surface area contributed by atoms with E-state index in [1.54, 1.807) is 36.4 Å². The van der Waals surface area contributed by atoms with Crippen LogP contribution in [0.3, 0.4) is 0 Å². The second-order valence-corrected chi connectivity index (χ2v) is 34.7. The van der Waals surface area contributed by atoms with Crippen molar-refractivity contribution in [1.82, 2.24) is 24.9 Å². The van der Waals surface area contributed by atoms with Gasteiger partial charge in [-0.3, -0.25) is 14.6 Å². The molecule has 3 N–H and O–H groups in total. The second kappa shape index (κ2) is 55.2. The van der Waals surface area contributed by atoms with Crippen molar-refractivity contribution in [2.75, 3.05) is 117 Å². The number of ether oxygens (including phenoxy) is 5. The van der Waals surface area contributed by atoms with Gasteiger partial charge in [0.05, 0.1) is 35.6 Å². The van der Waals surface area contributed by atoms with Gasteiger partial charge in [-0.2, -0.15) is 0 Å². The molecule has 13 rings (SSSR count). The van der Waals surface area contributed by atoms with Crippen molar-refractivity contribution < 1.29 is 47.7 Å². The number of hydrogen-bond donors (Lipinski definition) is 3. The number of rotatable bonds is 33. The molecular formula is C104H146N8O10. The molecule has 18 nitrogen and oxygen atoms in total. The summed E-state index contributed by atoms with van der Waals surface area (Å²) in [4.78, 5) is 74.3. The number of carbonyl (C=O) groups excluding carboxylic acids is 5. The normalized spacial score (nSPS) is 16.9. The third-order valence-corrected chi connectivity index (χ3v) is 24.4. The molecule has 6 fully saturated rings. The molecule has 0 unspecified atom stereocenters. The Morgan fingerprint density at radius 3 is 1.25 bits per heavy atom. The highest BCUT2D eigenvalue weighted by Gasteiger charge is 2.26. The lowest BCUT2D eigenvalue weighted by Gasteiger charge is -2.32. The predicted octanol–water partition coefficient (Wildman–Crippen LogP) is 22.3. The summed E-state index contributed by atoms with van der Waals surface area (Å²) in [5, 5.41) is 9.14. The van der Waals surface area contributed by atoms with Gasteiger partial charge >= 0.3 is 17.9 Å².